The third-order valence-electron chi connectivity index (χ3n) is 6.74. The minimum absolute atomic E-state index is 0.356. The van der Waals surface area contributed by atoms with Crippen molar-refractivity contribution in [3.63, 3.8) is 0 Å². The third kappa shape index (κ3) is 3.82. The van der Waals surface area contributed by atoms with Gasteiger partial charge in [0.2, 0.25) is 0 Å². The van der Waals surface area contributed by atoms with Crippen molar-refractivity contribution in [1.29, 1.82) is 0 Å². The van der Waals surface area contributed by atoms with Crippen molar-refractivity contribution in [3.8, 4) is 0 Å². The van der Waals surface area contributed by atoms with Gasteiger partial charge in [0.25, 0.3) is 0 Å². The Hall–Kier alpha value is -2.44. The lowest BCUT2D eigenvalue weighted by atomic mass is 10.0. The fourth-order valence-electron chi connectivity index (χ4n) is 4.98. The quantitative estimate of drug-likeness (QED) is 0.673. The summed E-state index contributed by atoms with van der Waals surface area (Å²) in [7, 11) is 4.41. The van der Waals surface area contributed by atoms with E-state index >= 15 is 0 Å². The molecular formula is C24H32N6. The molecule has 30 heavy (non-hydrogen) atoms. The molecule has 6 heteroatoms. The Morgan fingerprint density at radius 2 is 1.97 bits per heavy atom. The number of aromatic amines is 1. The molecule has 0 amide bonds. The number of benzene rings is 1. The van der Waals surface area contributed by atoms with Gasteiger partial charge in [-0.15, -0.1) is 0 Å². The lowest BCUT2D eigenvalue weighted by Gasteiger charge is -2.34. The van der Waals surface area contributed by atoms with Crippen LogP contribution in [0.5, 0.6) is 0 Å². The maximum Gasteiger partial charge on any atom is 0.121 e. The predicted molar refractivity (Wildman–Crippen MR) is 122 cm³/mol. The van der Waals surface area contributed by atoms with E-state index in [1.807, 2.05) is 6.20 Å². The number of hydrogen-bond acceptors (Lipinski definition) is 5. The Labute approximate surface area is 178 Å². The van der Waals surface area contributed by atoms with Gasteiger partial charge < -0.3 is 14.8 Å². The molecule has 158 valence electrons. The highest BCUT2D eigenvalue weighted by Gasteiger charge is 2.25. The third-order valence-corrected chi connectivity index (χ3v) is 6.74. The molecule has 0 bridgehead atoms. The minimum Gasteiger partial charge on any atom is -0.367 e. The van der Waals surface area contributed by atoms with Crippen LogP contribution in [0.25, 0.3) is 11.0 Å². The van der Waals surface area contributed by atoms with Crippen molar-refractivity contribution in [2.24, 2.45) is 0 Å². The number of nitrogens with one attached hydrogen (secondary N) is 1. The second-order valence-electron chi connectivity index (χ2n) is 8.87. The zero-order valence-corrected chi connectivity index (χ0v) is 18.1. The summed E-state index contributed by atoms with van der Waals surface area (Å²) in [4.78, 5) is 20.7. The zero-order chi connectivity index (χ0) is 20.5. The van der Waals surface area contributed by atoms with Crippen LogP contribution in [0.15, 0.2) is 36.5 Å². The average Bonchev–Trinajstić information content (AvgIpc) is 3.04. The second-order valence-corrected chi connectivity index (χ2v) is 8.87. The molecule has 0 radical (unpaired) electrons. The number of fused-ring (bicyclic) bond motifs is 2. The average molecular weight is 405 g/mol. The first-order valence-electron chi connectivity index (χ1n) is 11.2. The number of H-pyrrole nitrogens is 1. The van der Waals surface area contributed by atoms with E-state index in [1.165, 1.54) is 35.3 Å². The summed E-state index contributed by atoms with van der Waals surface area (Å²) < 4.78 is 0. The van der Waals surface area contributed by atoms with Gasteiger partial charge in [0, 0.05) is 32.4 Å². The van der Waals surface area contributed by atoms with Crippen molar-refractivity contribution >= 4 is 16.7 Å². The minimum atomic E-state index is 0.356. The first-order valence-corrected chi connectivity index (χ1v) is 11.2. The molecule has 1 saturated heterocycles. The van der Waals surface area contributed by atoms with Gasteiger partial charge >= 0.3 is 0 Å². The van der Waals surface area contributed by atoms with E-state index in [0.29, 0.717) is 6.04 Å². The summed E-state index contributed by atoms with van der Waals surface area (Å²) in [5.41, 5.74) is 6.18. The Balaban J connectivity index is 1.39. The number of anilines is 1. The van der Waals surface area contributed by atoms with Crippen LogP contribution in [0.2, 0.25) is 0 Å². The molecule has 5 rings (SSSR count). The SMILES string of the molecule is CN1CCN(c2cccc3nc(CN(C)C4CCCCc5cccnc54)[nH]c23)CC1. The Bertz CT molecular complexity index is 1000. The van der Waals surface area contributed by atoms with Crippen LogP contribution < -0.4 is 4.90 Å². The maximum atomic E-state index is 4.94. The van der Waals surface area contributed by atoms with Gasteiger partial charge in [-0.05, 0) is 57.1 Å². The second kappa shape index (κ2) is 8.36. The molecule has 2 aliphatic rings. The molecule has 6 nitrogen and oxygen atoms in total. The highest BCUT2D eigenvalue weighted by molar-refractivity contribution is 5.89. The number of piperazine rings is 1. The molecule has 1 aromatic carbocycles. The van der Waals surface area contributed by atoms with Gasteiger partial charge in [-0.2, -0.15) is 0 Å². The largest absolute Gasteiger partial charge is 0.367 e. The fraction of sp³-hybridized carbons (Fsp3) is 0.500. The number of pyridine rings is 1. The van der Waals surface area contributed by atoms with E-state index < -0.39 is 0 Å². The number of aryl methyl sites for hydroxylation is 1. The van der Waals surface area contributed by atoms with Crippen LogP contribution in [0.1, 0.15) is 42.4 Å². The summed E-state index contributed by atoms with van der Waals surface area (Å²) in [6.45, 7) is 5.14. The molecule has 3 heterocycles. The van der Waals surface area contributed by atoms with Crippen LogP contribution in [0, 0.1) is 0 Å². The highest BCUT2D eigenvalue weighted by Crippen LogP contribution is 2.32. The number of nitrogens with zero attached hydrogens (tertiary/aromatic N) is 5. The van der Waals surface area contributed by atoms with Crippen molar-refractivity contribution < 1.29 is 0 Å². The molecule has 1 aliphatic heterocycles. The number of rotatable bonds is 4. The Morgan fingerprint density at radius 3 is 2.83 bits per heavy atom. The molecule has 1 N–H and O–H groups in total. The Morgan fingerprint density at radius 1 is 1.10 bits per heavy atom. The van der Waals surface area contributed by atoms with E-state index in [9.17, 15) is 0 Å². The van der Waals surface area contributed by atoms with Crippen LogP contribution in [0.4, 0.5) is 5.69 Å². The van der Waals surface area contributed by atoms with Crippen molar-refractivity contribution in [2.45, 2.75) is 38.3 Å². The van der Waals surface area contributed by atoms with Crippen LogP contribution in [-0.2, 0) is 13.0 Å². The van der Waals surface area contributed by atoms with Gasteiger partial charge in [0.1, 0.15) is 5.82 Å². The molecule has 1 fully saturated rings. The van der Waals surface area contributed by atoms with Gasteiger partial charge in [-0.3, -0.25) is 9.88 Å². The lowest BCUT2D eigenvalue weighted by Crippen LogP contribution is -2.44. The van der Waals surface area contributed by atoms with Crippen LogP contribution in [0.3, 0.4) is 0 Å². The van der Waals surface area contributed by atoms with E-state index in [4.69, 9.17) is 9.97 Å². The highest BCUT2D eigenvalue weighted by atomic mass is 15.3. The van der Waals surface area contributed by atoms with Crippen LogP contribution >= 0.6 is 0 Å². The summed E-state index contributed by atoms with van der Waals surface area (Å²) in [6, 6.07) is 11.2. The van der Waals surface area contributed by atoms with Gasteiger partial charge in [-0.1, -0.05) is 18.6 Å². The number of para-hydroxylation sites is 1. The van der Waals surface area contributed by atoms with Gasteiger partial charge in [0.15, 0.2) is 0 Å². The van der Waals surface area contributed by atoms with Crippen LogP contribution in [-0.4, -0.2) is 65.0 Å². The van der Waals surface area contributed by atoms with Gasteiger partial charge in [0.05, 0.1) is 35.0 Å². The van der Waals surface area contributed by atoms with Crippen molar-refractivity contribution in [1.82, 2.24) is 24.8 Å². The first-order chi connectivity index (χ1) is 14.7. The smallest absolute Gasteiger partial charge is 0.121 e. The summed E-state index contributed by atoms with van der Waals surface area (Å²) in [6.07, 6.45) is 6.75. The molecule has 2 aromatic heterocycles. The normalized spacial score (nSPS) is 20.5. The predicted octanol–water partition coefficient (Wildman–Crippen LogP) is 3.61. The molecule has 1 aliphatic carbocycles. The molecule has 0 spiro atoms. The molecular weight excluding hydrogens is 372 g/mol. The number of aromatic nitrogens is 3. The first kappa shape index (κ1) is 19.5. The number of imidazole rings is 1. The standard InChI is InChI=1S/C24H32N6/c1-28-13-15-30(16-14-28)21-11-5-9-19-24(21)27-22(26-19)17-29(2)20-10-4-3-7-18-8-6-12-25-23(18)20/h5-6,8-9,11-12,20H,3-4,7,10,13-17H2,1-2H3,(H,26,27). The molecule has 1 unspecified atom stereocenters. The van der Waals surface area contributed by atoms with Crippen molar-refractivity contribution in [3.05, 3.63) is 53.6 Å². The topological polar surface area (TPSA) is 51.3 Å². The molecule has 0 saturated carbocycles. The monoisotopic (exact) mass is 404 g/mol. The van der Waals surface area contributed by atoms with Gasteiger partial charge in [-0.25, -0.2) is 4.98 Å². The Kier molecular flexibility index (Phi) is 5.44. The lowest BCUT2D eigenvalue weighted by molar-refractivity contribution is 0.214. The summed E-state index contributed by atoms with van der Waals surface area (Å²) in [5.74, 6) is 1.04. The summed E-state index contributed by atoms with van der Waals surface area (Å²) in [5, 5.41) is 0. The molecule has 1 atom stereocenters. The zero-order valence-electron chi connectivity index (χ0n) is 18.1. The number of hydrogen-bond donors (Lipinski definition) is 1. The van der Waals surface area contributed by atoms with E-state index in [-0.39, 0.29) is 0 Å². The summed E-state index contributed by atoms with van der Waals surface area (Å²) >= 11 is 0. The van der Waals surface area contributed by atoms with E-state index in [0.717, 1.165) is 56.9 Å². The van der Waals surface area contributed by atoms with Crippen molar-refractivity contribution in [2.75, 3.05) is 45.2 Å². The van der Waals surface area contributed by atoms with E-state index in [1.54, 1.807) is 0 Å². The van der Waals surface area contributed by atoms with E-state index in [2.05, 4.69) is 64.1 Å². The molecule has 3 aromatic rings. The number of likely N-dealkylation sites (N-methyl/N-ethyl adjacent to an activating group) is 1. The fourth-order valence-corrected chi connectivity index (χ4v) is 4.98. The maximum absolute atomic E-state index is 4.94.